The molecule has 0 saturated carbocycles. The van der Waals surface area contributed by atoms with Gasteiger partial charge in [0.1, 0.15) is 17.5 Å². The molecule has 0 saturated heterocycles. The van der Waals surface area contributed by atoms with E-state index >= 15 is 0 Å². The zero-order chi connectivity index (χ0) is 14.8. The summed E-state index contributed by atoms with van der Waals surface area (Å²) in [4.78, 5) is 16.5. The zero-order valence-corrected chi connectivity index (χ0v) is 12.2. The summed E-state index contributed by atoms with van der Waals surface area (Å²) in [5.74, 6) is 0.222. The molecule has 1 aromatic heterocycles. The van der Waals surface area contributed by atoms with Gasteiger partial charge in [0.05, 0.1) is 18.6 Å². The van der Waals surface area contributed by atoms with E-state index in [0.717, 1.165) is 17.0 Å². The molecule has 5 heteroatoms. The van der Waals surface area contributed by atoms with Crippen molar-refractivity contribution >= 4 is 11.5 Å². The van der Waals surface area contributed by atoms with Crippen LogP contribution in [0.25, 0.3) is 5.57 Å². The fourth-order valence-electron chi connectivity index (χ4n) is 2.93. The summed E-state index contributed by atoms with van der Waals surface area (Å²) >= 11 is 0. The molecule has 1 aliphatic heterocycles. The molecule has 1 aliphatic carbocycles. The number of hydrogen-bond acceptors (Lipinski definition) is 5. The van der Waals surface area contributed by atoms with Crippen LogP contribution in [0, 0.1) is 5.92 Å². The molecule has 0 N–H and O–H groups in total. The molecule has 0 fully saturated rings. The fourth-order valence-corrected chi connectivity index (χ4v) is 2.93. The Bertz CT molecular complexity index is 569. The van der Waals surface area contributed by atoms with Crippen LogP contribution in [-0.4, -0.2) is 36.4 Å². The summed E-state index contributed by atoms with van der Waals surface area (Å²) in [6.07, 6.45) is 3.86. The maximum atomic E-state index is 12.1. The molecule has 2 aliphatic rings. The molecule has 0 aromatic carbocycles. The maximum absolute atomic E-state index is 12.1. The van der Waals surface area contributed by atoms with Crippen molar-refractivity contribution in [2.24, 2.45) is 5.92 Å². The van der Waals surface area contributed by atoms with Crippen molar-refractivity contribution in [3.8, 4) is 5.75 Å². The predicted molar refractivity (Wildman–Crippen MR) is 76.8 cm³/mol. The third-order valence-corrected chi connectivity index (χ3v) is 3.82. The van der Waals surface area contributed by atoms with Crippen molar-refractivity contribution in [1.82, 2.24) is 4.98 Å². The Labute approximate surface area is 123 Å². The predicted octanol–water partition coefficient (Wildman–Crippen LogP) is 2.21. The maximum Gasteiger partial charge on any atom is 0.312 e. The largest absolute Gasteiger partial charge is 0.483 e. The minimum Gasteiger partial charge on any atom is -0.483 e. The van der Waals surface area contributed by atoms with E-state index in [9.17, 15) is 4.79 Å². The molecule has 0 bridgehead atoms. The lowest BCUT2D eigenvalue weighted by atomic mass is 9.84. The second kappa shape index (κ2) is 5.85. The Hall–Kier alpha value is -1.88. The molecule has 0 spiro atoms. The van der Waals surface area contributed by atoms with Crippen LogP contribution in [0.5, 0.6) is 5.75 Å². The molecule has 3 atom stereocenters. The molecule has 3 rings (SSSR count). The Morgan fingerprint density at radius 3 is 3.05 bits per heavy atom. The number of carbonyl (C=O) groups is 1. The van der Waals surface area contributed by atoms with Crippen LogP contribution in [0.2, 0.25) is 0 Å². The number of pyridine rings is 1. The topological polar surface area (TPSA) is 57.7 Å². The van der Waals surface area contributed by atoms with Gasteiger partial charge in [-0.05, 0) is 32.1 Å². The van der Waals surface area contributed by atoms with Gasteiger partial charge in [-0.2, -0.15) is 0 Å². The molecule has 21 heavy (non-hydrogen) atoms. The third-order valence-electron chi connectivity index (χ3n) is 3.82. The van der Waals surface area contributed by atoms with Crippen LogP contribution in [0.3, 0.4) is 0 Å². The highest BCUT2D eigenvalue weighted by Crippen LogP contribution is 2.42. The molecule has 0 radical (unpaired) electrons. The van der Waals surface area contributed by atoms with Gasteiger partial charge in [0.25, 0.3) is 0 Å². The van der Waals surface area contributed by atoms with E-state index in [1.807, 2.05) is 32.1 Å². The Morgan fingerprint density at radius 1 is 1.43 bits per heavy atom. The lowest BCUT2D eigenvalue weighted by Gasteiger charge is -2.30. The molecule has 0 unspecified atom stereocenters. The Morgan fingerprint density at radius 2 is 2.29 bits per heavy atom. The average molecular weight is 289 g/mol. The standard InChI is InChI=1S/C16H19NO4/c1-3-19-13-8-10-14(9-11(13)16(18)20-4-2)21-12-6-5-7-17-15(10)12/h5-8,11,13-14H,3-4,9H2,1-2H3/t11-,13-,14-/m1/s1. The van der Waals surface area contributed by atoms with Gasteiger partial charge >= 0.3 is 5.97 Å². The van der Waals surface area contributed by atoms with Crippen LogP contribution in [0.4, 0.5) is 0 Å². The number of carbonyl (C=O) groups excluding carboxylic acids is 1. The van der Waals surface area contributed by atoms with Gasteiger partial charge in [0.15, 0.2) is 0 Å². The van der Waals surface area contributed by atoms with Gasteiger partial charge in [0, 0.05) is 24.8 Å². The lowest BCUT2D eigenvalue weighted by molar-refractivity contribution is -0.153. The van der Waals surface area contributed by atoms with Crippen molar-refractivity contribution in [1.29, 1.82) is 0 Å². The summed E-state index contributed by atoms with van der Waals surface area (Å²) in [7, 11) is 0. The molecule has 1 aromatic rings. The van der Waals surface area contributed by atoms with E-state index in [1.54, 1.807) is 6.20 Å². The quantitative estimate of drug-likeness (QED) is 0.795. The highest BCUT2D eigenvalue weighted by molar-refractivity contribution is 5.80. The molecular weight excluding hydrogens is 270 g/mol. The molecule has 2 heterocycles. The van der Waals surface area contributed by atoms with Crippen LogP contribution in [0.1, 0.15) is 26.0 Å². The van der Waals surface area contributed by atoms with E-state index in [4.69, 9.17) is 14.2 Å². The number of aromatic nitrogens is 1. The highest BCUT2D eigenvalue weighted by atomic mass is 16.5. The monoisotopic (exact) mass is 289 g/mol. The lowest BCUT2D eigenvalue weighted by Crippen LogP contribution is -2.38. The first-order chi connectivity index (χ1) is 10.2. The van der Waals surface area contributed by atoms with Crippen molar-refractivity contribution in [2.45, 2.75) is 32.5 Å². The van der Waals surface area contributed by atoms with Crippen LogP contribution >= 0.6 is 0 Å². The van der Waals surface area contributed by atoms with Gasteiger partial charge in [-0.1, -0.05) is 0 Å². The van der Waals surface area contributed by atoms with E-state index in [-0.39, 0.29) is 24.1 Å². The smallest absolute Gasteiger partial charge is 0.312 e. The SMILES string of the molecule is CCOC(=O)[C@@H]1C[C@H]2Oc3cccnc3C2=C[C@H]1OCC. The number of ether oxygens (including phenoxy) is 3. The zero-order valence-electron chi connectivity index (χ0n) is 12.2. The Kier molecular flexibility index (Phi) is 3.92. The van der Waals surface area contributed by atoms with Crippen molar-refractivity contribution < 1.29 is 19.0 Å². The molecule has 112 valence electrons. The van der Waals surface area contributed by atoms with Gasteiger partial charge < -0.3 is 14.2 Å². The first-order valence-corrected chi connectivity index (χ1v) is 7.36. The van der Waals surface area contributed by atoms with Crippen molar-refractivity contribution in [3.05, 3.63) is 30.1 Å². The number of nitrogens with zero attached hydrogens (tertiary/aromatic N) is 1. The molecular formula is C16H19NO4. The van der Waals surface area contributed by atoms with Gasteiger partial charge in [-0.15, -0.1) is 0 Å². The van der Waals surface area contributed by atoms with Gasteiger partial charge in [-0.3, -0.25) is 9.78 Å². The third kappa shape index (κ3) is 2.53. The van der Waals surface area contributed by atoms with Crippen molar-refractivity contribution in [3.63, 3.8) is 0 Å². The van der Waals surface area contributed by atoms with E-state index in [0.29, 0.717) is 19.6 Å². The highest BCUT2D eigenvalue weighted by Gasteiger charge is 2.42. The number of esters is 1. The average Bonchev–Trinajstić information content (AvgIpc) is 2.85. The first-order valence-electron chi connectivity index (χ1n) is 7.36. The first kappa shape index (κ1) is 14.1. The van der Waals surface area contributed by atoms with Gasteiger partial charge in [0.2, 0.25) is 0 Å². The number of rotatable bonds is 4. The van der Waals surface area contributed by atoms with Crippen LogP contribution in [-0.2, 0) is 14.3 Å². The number of hydrogen-bond donors (Lipinski definition) is 0. The molecule has 5 nitrogen and oxygen atoms in total. The van der Waals surface area contributed by atoms with Crippen molar-refractivity contribution in [2.75, 3.05) is 13.2 Å². The summed E-state index contributed by atoms with van der Waals surface area (Å²) in [6, 6.07) is 3.75. The minimum atomic E-state index is -0.326. The normalized spacial score (nSPS) is 26.4. The summed E-state index contributed by atoms with van der Waals surface area (Å²) < 4.78 is 16.8. The second-order valence-electron chi connectivity index (χ2n) is 5.09. The minimum absolute atomic E-state index is 0.138. The summed E-state index contributed by atoms with van der Waals surface area (Å²) in [6.45, 7) is 4.65. The van der Waals surface area contributed by atoms with Crippen LogP contribution < -0.4 is 4.74 Å². The summed E-state index contributed by atoms with van der Waals surface area (Å²) in [5.41, 5.74) is 1.87. The second-order valence-corrected chi connectivity index (χ2v) is 5.09. The van der Waals surface area contributed by atoms with E-state index in [1.165, 1.54) is 0 Å². The summed E-state index contributed by atoms with van der Waals surface area (Å²) in [5, 5.41) is 0. The Balaban J connectivity index is 1.90. The van der Waals surface area contributed by atoms with Gasteiger partial charge in [-0.25, -0.2) is 0 Å². The van der Waals surface area contributed by atoms with E-state index < -0.39 is 0 Å². The van der Waals surface area contributed by atoms with E-state index in [2.05, 4.69) is 4.98 Å². The number of fused-ring (bicyclic) bond motifs is 3. The molecule has 0 amide bonds. The van der Waals surface area contributed by atoms with Crippen LogP contribution in [0.15, 0.2) is 24.4 Å². The fraction of sp³-hybridized carbons (Fsp3) is 0.500.